The average Bonchev–Trinajstić information content (AvgIpc) is 3.17. The second-order valence-electron chi connectivity index (χ2n) is 5.33. The van der Waals surface area contributed by atoms with Crippen molar-refractivity contribution in [1.29, 1.82) is 0 Å². The third-order valence-electron chi connectivity index (χ3n) is 3.79. The van der Waals surface area contributed by atoms with Crippen molar-refractivity contribution in [3.05, 3.63) is 49.1 Å². The molecule has 0 radical (unpaired) electrons. The molecule has 0 bridgehead atoms. The highest BCUT2D eigenvalue weighted by atomic mass is 16.2. The van der Waals surface area contributed by atoms with Gasteiger partial charge in [-0.25, -0.2) is 4.98 Å². The number of benzene rings is 1. The normalized spacial score (nSPS) is 17.7. The molecule has 2 heterocycles. The van der Waals surface area contributed by atoms with Crippen LogP contribution in [0.3, 0.4) is 0 Å². The third kappa shape index (κ3) is 3.16. The molecule has 3 rings (SSSR count). The summed E-state index contributed by atoms with van der Waals surface area (Å²) >= 11 is 0. The van der Waals surface area contributed by atoms with Crippen LogP contribution in [-0.2, 0) is 16.1 Å². The third-order valence-corrected chi connectivity index (χ3v) is 3.79. The molecule has 1 aliphatic rings. The molecule has 1 aromatic heterocycles. The predicted octanol–water partition coefficient (Wildman–Crippen LogP) is 1.05. The summed E-state index contributed by atoms with van der Waals surface area (Å²) in [5.41, 5.74) is 0.848. The number of hydrogen-bond donors (Lipinski definition) is 1. The molecule has 1 aromatic carbocycles. The maximum absolute atomic E-state index is 12.2. The van der Waals surface area contributed by atoms with Crippen molar-refractivity contribution in [3.8, 4) is 0 Å². The quantitative estimate of drug-likeness (QED) is 0.897. The van der Waals surface area contributed by atoms with Gasteiger partial charge in [0.1, 0.15) is 0 Å². The van der Waals surface area contributed by atoms with Gasteiger partial charge in [0.25, 0.3) is 0 Å². The number of aromatic nitrogens is 2. The van der Waals surface area contributed by atoms with Gasteiger partial charge >= 0.3 is 0 Å². The molecule has 0 aliphatic carbocycles. The lowest BCUT2D eigenvalue weighted by Crippen LogP contribution is -2.34. The number of hydrogen-bond acceptors (Lipinski definition) is 3. The molecule has 2 amide bonds. The lowest BCUT2D eigenvalue weighted by Gasteiger charge is -2.16. The molecule has 0 spiro atoms. The predicted molar refractivity (Wildman–Crippen MR) is 82.1 cm³/mol. The number of amides is 2. The Hall–Kier alpha value is -2.63. The van der Waals surface area contributed by atoms with E-state index >= 15 is 0 Å². The summed E-state index contributed by atoms with van der Waals surface area (Å²) in [4.78, 5) is 29.9. The van der Waals surface area contributed by atoms with Crippen LogP contribution in [0.15, 0.2) is 49.1 Å². The average molecular weight is 298 g/mol. The Morgan fingerprint density at radius 1 is 1.32 bits per heavy atom. The highest BCUT2D eigenvalue weighted by Gasteiger charge is 2.34. The molecular weight excluding hydrogens is 280 g/mol. The first-order valence-electron chi connectivity index (χ1n) is 7.33. The van der Waals surface area contributed by atoms with Gasteiger partial charge in [-0.15, -0.1) is 0 Å². The van der Waals surface area contributed by atoms with E-state index in [2.05, 4.69) is 10.3 Å². The molecule has 22 heavy (non-hydrogen) atoms. The zero-order valence-corrected chi connectivity index (χ0v) is 12.2. The summed E-state index contributed by atoms with van der Waals surface area (Å²) in [5, 5.41) is 2.89. The highest BCUT2D eigenvalue weighted by Crippen LogP contribution is 2.24. The van der Waals surface area contributed by atoms with Gasteiger partial charge in [0.05, 0.1) is 12.2 Å². The minimum absolute atomic E-state index is 0.000889. The largest absolute Gasteiger partial charge is 0.354 e. The first-order valence-corrected chi connectivity index (χ1v) is 7.33. The smallest absolute Gasteiger partial charge is 0.227 e. The highest BCUT2D eigenvalue weighted by molar-refractivity contribution is 6.00. The number of nitrogens with zero attached hydrogens (tertiary/aromatic N) is 3. The summed E-state index contributed by atoms with van der Waals surface area (Å²) in [6, 6.07) is 9.46. The Kier molecular flexibility index (Phi) is 4.18. The molecule has 1 atom stereocenters. The van der Waals surface area contributed by atoms with E-state index in [-0.39, 0.29) is 24.2 Å². The van der Waals surface area contributed by atoms with E-state index in [1.54, 1.807) is 17.4 Å². The van der Waals surface area contributed by atoms with Crippen molar-refractivity contribution in [2.45, 2.75) is 13.0 Å². The van der Waals surface area contributed by atoms with Crippen LogP contribution in [0.2, 0.25) is 0 Å². The summed E-state index contributed by atoms with van der Waals surface area (Å²) in [7, 11) is 0. The van der Waals surface area contributed by atoms with E-state index in [0.29, 0.717) is 19.6 Å². The molecule has 6 heteroatoms. The Balaban J connectivity index is 1.53. The van der Waals surface area contributed by atoms with Gasteiger partial charge in [0.2, 0.25) is 11.8 Å². The fraction of sp³-hybridized carbons (Fsp3) is 0.312. The van der Waals surface area contributed by atoms with E-state index < -0.39 is 0 Å². The maximum Gasteiger partial charge on any atom is 0.227 e. The lowest BCUT2D eigenvalue weighted by molar-refractivity contribution is -0.126. The molecular formula is C16H18N4O2. The fourth-order valence-corrected chi connectivity index (χ4v) is 2.61. The summed E-state index contributed by atoms with van der Waals surface area (Å²) in [6.45, 7) is 1.65. The van der Waals surface area contributed by atoms with Gasteiger partial charge in [-0.3, -0.25) is 9.59 Å². The zero-order chi connectivity index (χ0) is 15.4. The Bertz CT molecular complexity index is 639. The fourth-order valence-electron chi connectivity index (χ4n) is 2.61. The number of imidazole rings is 1. The van der Waals surface area contributed by atoms with Crippen LogP contribution in [-0.4, -0.2) is 34.5 Å². The molecule has 114 valence electrons. The van der Waals surface area contributed by atoms with Gasteiger partial charge in [0.15, 0.2) is 0 Å². The van der Waals surface area contributed by atoms with Crippen LogP contribution >= 0.6 is 0 Å². The zero-order valence-electron chi connectivity index (χ0n) is 12.2. The SMILES string of the molecule is O=C(NCCn1ccnc1)[C@H]1CC(=O)N(c2ccccc2)C1. The molecule has 0 saturated carbocycles. The van der Waals surface area contributed by atoms with Crippen LogP contribution in [0.4, 0.5) is 5.69 Å². The number of carbonyl (C=O) groups excluding carboxylic acids is 2. The van der Waals surface area contributed by atoms with Crippen LogP contribution in [0.5, 0.6) is 0 Å². The van der Waals surface area contributed by atoms with E-state index in [9.17, 15) is 9.59 Å². The second kappa shape index (κ2) is 6.43. The van der Waals surface area contributed by atoms with Gasteiger partial charge < -0.3 is 14.8 Å². The van der Waals surface area contributed by atoms with Crippen LogP contribution in [0.25, 0.3) is 0 Å². The molecule has 1 N–H and O–H groups in total. The second-order valence-corrected chi connectivity index (χ2v) is 5.33. The van der Waals surface area contributed by atoms with Crippen LogP contribution in [0, 0.1) is 5.92 Å². The van der Waals surface area contributed by atoms with Crippen molar-refractivity contribution < 1.29 is 9.59 Å². The van der Waals surface area contributed by atoms with E-state index in [1.165, 1.54) is 0 Å². The topological polar surface area (TPSA) is 67.2 Å². The number of para-hydroxylation sites is 1. The van der Waals surface area contributed by atoms with Gasteiger partial charge in [-0.2, -0.15) is 0 Å². The Morgan fingerprint density at radius 3 is 2.86 bits per heavy atom. The van der Waals surface area contributed by atoms with Crippen molar-refractivity contribution in [3.63, 3.8) is 0 Å². The van der Waals surface area contributed by atoms with Gasteiger partial charge in [-0.05, 0) is 12.1 Å². The molecule has 0 unspecified atom stereocenters. The van der Waals surface area contributed by atoms with Gasteiger partial charge in [-0.1, -0.05) is 18.2 Å². The Morgan fingerprint density at radius 2 is 2.14 bits per heavy atom. The molecule has 1 fully saturated rings. The lowest BCUT2D eigenvalue weighted by atomic mass is 10.1. The first kappa shape index (κ1) is 14.3. The number of rotatable bonds is 5. The minimum atomic E-state index is -0.282. The maximum atomic E-state index is 12.2. The monoisotopic (exact) mass is 298 g/mol. The standard InChI is InChI=1S/C16H18N4O2/c21-15-10-13(11-20(15)14-4-2-1-3-5-14)16(22)18-7-9-19-8-6-17-12-19/h1-6,8,12-13H,7,9-11H2,(H,18,22)/t13-/m0/s1. The number of anilines is 1. The van der Waals surface area contributed by atoms with Crippen LogP contribution < -0.4 is 10.2 Å². The summed E-state index contributed by atoms with van der Waals surface area (Å²) in [6.07, 6.45) is 5.53. The minimum Gasteiger partial charge on any atom is -0.354 e. The molecule has 2 aromatic rings. The molecule has 6 nitrogen and oxygen atoms in total. The van der Waals surface area contributed by atoms with Crippen molar-refractivity contribution in [2.24, 2.45) is 5.92 Å². The summed E-state index contributed by atoms with van der Waals surface area (Å²) in [5.74, 6) is -0.344. The molecule has 1 aliphatic heterocycles. The van der Waals surface area contributed by atoms with Crippen molar-refractivity contribution in [1.82, 2.24) is 14.9 Å². The van der Waals surface area contributed by atoms with E-state index in [4.69, 9.17) is 0 Å². The van der Waals surface area contributed by atoms with Crippen molar-refractivity contribution >= 4 is 17.5 Å². The van der Waals surface area contributed by atoms with E-state index in [1.807, 2.05) is 41.1 Å². The molecule has 1 saturated heterocycles. The summed E-state index contributed by atoms with van der Waals surface area (Å²) < 4.78 is 1.90. The van der Waals surface area contributed by atoms with Crippen LogP contribution in [0.1, 0.15) is 6.42 Å². The van der Waals surface area contributed by atoms with Gasteiger partial charge in [0, 0.05) is 44.1 Å². The van der Waals surface area contributed by atoms with E-state index in [0.717, 1.165) is 5.69 Å². The van der Waals surface area contributed by atoms with Crippen molar-refractivity contribution in [2.75, 3.05) is 18.0 Å². The first-order chi connectivity index (χ1) is 10.7. The Labute approximate surface area is 128 Å². The number of nitrogens with one attached hydrogen (secondary N) is 1. The number of carbonyl (C=O) groups is 2.